The number of ether oxygens (including phenoxy) is 2. The van der Waals surface area contributed by atoms with E-state index in [0.29, 0.717) is 31.0 Å². The van der Waals surface area contributed by atoms with Gasteiger partial charge < -0.3 is 14.5 Å². The van der Waals surface area contributed by atoms with Crippen molar-refractivity contribution in [1.82, 2.24) is 14.9 Å². The molecule has 2 aromatic carbocycles. The predicted molar refractivity (Wildman–Crippen MR) is 107 cm³/mol. The highest BCUT2D eigenvalue weighted by Gasteiger charge is 2.28. The van der Waals surface area contributed by atoms with E-state index in [2.05, 4.69) is 27.0 Å². The van der Waals surface area contributed by atoms with E-state index in [1.165, 1.54) is 5.56 Å². The van der Waals surface area contributed by atoms with Crippen LogP contribution in [0.2, 0.25) is 0 Å². The average molecular weight is 377 g/mol. The first-order chi connectivity index (χ1) is 13.8. The maximum Gasteiger partial charge on any atom is 0.258 e. The lowest BCUT2D eigenvalue weighted by Crippen LogP contribution is -2.25. The predicted octanol–water partition coefficient (Wildman–Crippen LogP) is 3.42. The number of nitrogens with one attached hydrogen (secondary N) is 1. The Labute approximate surface area is 163 Å². The maximum absolute atomic E-state index is 12.4. The van der Waals surface area contributed by atoms with Gasteiger partial charge in [0.05, 0.1) is 30.7 Å². The van der Waals surface area contributed by atoms with E-state index in [-0.39, 0.29) is 11.6 Å². The third-order valence-corrected chi connectivity index (χ3v) is 5.53. The zero-order chi connectivity index (χ0) is 18.9. The van der Waals surface area contributed by atoms with Crippen molar-refractivity contribution in [3.8, 4) is 11.5 Å². The van der Waals surface area contributed by atoms with E-state index >= 15 is 0 Å². The Kier molecular flexibility index (Phi) is 4.49. The Bertz CT molecular complexity index is 1060. The molecular formula is C22H23N3O3. The van der Waals surface area contributed by atoms with Crippen molar-refractivity contribution in [1.29, 1.82) is 0 Å². The number of aromatic nitrogens is 2. The molecular weight excluding hydrogens is 354 g/mol. The summed E-state index contributed by atoms with van der Waals surface area (Å²) in [6.45, 7) is 2.99. The molecule has 0 aliphatic carbocycles. The molecule has 5 rings (SSSR count). The second kappa shape index (κ2) is 7.28. The van der Waals surface area contributed by atoms with Gasteiger partial charge in [-0.3, -0.25) is 9.69 Å². The van der Waals surface area contributed by atoms with E-state index in [4.69, 9.17) is 9.47 Å². The molecule has 0 saturated carbocycles. The Morgan fingerprint density at radius 3 is 2.86 bits per heavy atom. The van der Waals surface area contributed by atoms with Crippen molar-refractivity contribution in [2.45, 2.75) is 31.8 Å². The molecule has 0 radical (unpaired) electrons. The Morgan fingerprint density at radius 1 is 1.07 bits per heavy atom. The van der Waals surface area contributed by atoms with Crippen LogP contribution in [0.15, 0.2) is 47.3 Å². The molecule has 0 spiro atoms. The minimum absolute atomic E-state index is 0.0769. The van der Waals surface area contributed by atoms with Crippen molar-refractivity contribution in [3.05, 3.63) is 64.2 Å². The third-order valence-electron chi connectivity index (χ3n) is 5.53. The Balaban J connectivity index is 1.42. The van der Waals surface area contributed by atoms with Gasteiger partial charge in [-0.2, -0.15) is 0 Å². The average Bonchev–Trinajstić information content (AvgIpc) is 3.03. The van der Waals surface area contributed by atoms with E-state index in [9.17, 15) is 4.79 Å². The first kappa shape index (κ1) is 17.3. The molecule has 1 saturated heterocycles. The molecule has 0 bridgehead atoms. The van der Waals surface area contributed by atoms with Crippen LogP contribution in [0.5, 0.6) is 11.5 Å². The van der Waals surface area contributed by atoms with Gasteiger partial charge >= 0.3 is 0 Å². The van der Waals surface area contributed by atoms with Gasteiger partial charge in [0.2, 0.25) is 0 Å². The molecule has 3 heterocycles. The van der Waals surface area contributed by atoms with Crippen molar-refractivity contribution >= 4 is 10.9 Å². The number of likely N-dealkylation sites (tertiary alicyclic amines) is 1. The molecule has 28 heavy (non-hydrogen) atoms. The Morgan fingerprint density at radius 2 is 1.93 bits per heavy atom. The van der Waals surface area contributed by atoms with Crippen LogP contribution in [-0.2, 0) is 6.54 Å². The highest BCUT2D eigenvalue weighted by Crippen LogP contribution is 2.38. The molecule has 1 aromatic heterocycles. The molecule has 1 unspecified atom stereocenters. The summed E-state index contributed by atoms with van der Waals surface area (Å²) in [5.41, 5.74) is 1.89. The van der Waals surface area contributed by atoms with Crippen LogP contribution in [0, 0.1) is 0 Å². The summed E-state index contributed by atoms with van der Waals surface area (Å²) in [6, 6.07) is 14.0. The van der Waals surface area contributed by atoms with Crippen LogP contribution in [-0.4, -0.2) is 34.6 Å². The summed E-state index contributed by atoms with van der Waals surface area (Å²) in [7, 11) is 0. The number of para-hydroxylation sites is 1. The fourth-order valence-electron chi connectivity index (χ4n) is 4.18. The van der Waals surface area contributed by atoms with Gasteiger partial charge in [-0.25, -0.2) is 4.98 Å². The van der Waals surface area contributed by atoms with Gasteiger partial charge in [-0.05, 0) is 49.2 Å². The van der Waals surface area contributed by atoms with Crippen molar-refractivity contribution < 1.29 is 9.47 Å². The van der Waals surface area contributed by atoms with Gasteiger partial charge in [-0.1, -0.05) is 18.2 Å². The van der Waals surface area contributed by atoms with Gasteiger partial charge in [-0.15, -0.1) is 0 Å². The molecule has 6 heteroatoms. The van der Waals surface area contributed by atoms with Gasteiger partial charge in [0.15, 0.2) is 11.5 Å². The topological polar surface area (TPSA) is 67.5 Å². The first-order valence-corrected chi connectivity index (χ1v) is 9.89. The highest BCUT2D eigenvalue weighted by molar-refractivity contribution is 5.77. The number of nitrogens with zero attached hydrogens (tertiary/aromatic N) is 2. The molecule has 3 aromatic rings. The van der Waals surface area contributed by atoms with Crippen LogP contribution < -0.4 is 15.0 Å². The lowest BCUT2D eigenvalue weighted by Gasteiger charge is -2.25. The van der Waals surface area contributed by atoms with Crippen molar-refractivity contribution in [3.63, 3.8) is 0 Å². The smallest absolute Gasteiger partial charge is 0.258 e. The number of hydrogen-bond donors (Lipinski definition) is 1. The van der Waals surface area contributed by atoms with Crippen LogP contribution >= 0.6 is 0 Å². The quantitative estimate of drug-likeness (QED) is 0.758. The molecule has 1 fully saturated rings. The maximum atomic E-state index is 12.4. The summed E-state index contributed by atoms with van der Waals surface area (Å²) < 4.78 is 11.6. The van der Waals surface area contributed by atoms with E-state index in [1.807, 2.05) is 24.3 Å². The molecule has 1 atom stereocenters. The normalized spacial score (nSPS) is 19.6. The van der Waals surface area contributed by atoms with E-state index in [0.717, 1.165) is 42.8 Å². The third kappa shape index (κ3) is 3.24. The fourth-order valence-corrected chi connectivity index (χ4v) is 4.18. The largest absolute Gasteiger partial charge is 0.490 e. The lowest BCUT2D eigenvalue weighted by molar-refractivity contribution is 0.241. The van der Waals surface area contributed by atoms with Crippen LogP contribution in [0.4, 0.5) is 0 Å². The second-order valence-electron chi connectivity index (χ2n) is 7.41. The molecule has 0 amide bonds. The minimum atomic E-state index is -0.0769. The molecule has 2 aliphatic heterocycles. The van der Waals surface area contributed by atoms with E-state index in [1.54, 1.807) is 6.07 Å². The molecule has 2 aliphatic rings. The number of benzene rings is 2. The van der Waals surface area contributed by atoms with Crippen molar-refractivity contribution in [2.75, 3.05) is 19.8 Å². The number of H-pyrrole nitrogens is 1. The first-order valence-electron chi connectivity index (χ1n) is 9.89. The highest BCUT2D eigenvalue weighted by atomic mass is 16.5. The monoisotopic (exact) mass is 377 g/mol. The number of rotatable bonds is 3. The standard InChI is InChI=1S/C22H23N3O3/c26-22-16-5-1-2-6-17(16)23-21(24-22)14-25-10-3-7-18(25)15-8-9-19-20(13-15)28-12-4-11-27-19/h1-2,5-6,8-9,13,18H,3-4,7,10-12,14H2,(H,23,24,26). The van der Waals surface area contributed by atoms with Gasteiger partial charge in [0.25, 0.3) is 5.56 Å². The zero-order valence-corrected chi connectivity index (χ0v) is 15.7. The van der Waals surface area contributed by atoms with Crippen LogP contribution in [0.25, 0.3) is 10.9 Å². The van der Waals surface area contributed by atoms with Crippen LogP contribution in [0.1, 0.15) is 36.7 Å². The SMILES string of the molecule is O=c1[nH]c(CN2CCCC2c2ccc3c(c2)OCCCO3)nc2ccccc12. The zero-order valence-electron chi connectivity index (χ0n) is 15.7. The molecule has 6 nitrogen and oxygen atoms in total. The molecule has 144 valence electrons. The Hall–Kier alpha value is -2.86. The number of fused-ring (bicyclic) bond motifs is 2. The minimum Gasteiger partial charge on any atom is -0.490 e. The second-order valence-corrected chi connectivity index (χ2v) is 7.41. The fraction of sp³-hybridized carbons (Fsp3) is 0.364. The van der Waals surface area contributed by atoms with Crippen molar-refractivity contribution in [2.24, 2.45) is 0 Å². The summed E-state index contributed by atoms with van der Waals surface area (Å²) in [5.74, 6) is 2.37. The summed E-state index contributed by atoms with van der Waals surface area (Å²) in [4.78, 5) is 22.4. The number of hydrogen-bond acceptors (Lipinski definition) is 5. The van der Waals surface area contributed by atoms with E-state index < -0.39 is 0 Å². The number of aromatic amines is 1. The van der Waals surface area contributed by atoms with Gasteiger partial charge in [0, 0.05) is 12.5 Å². The van der Waals surface area contributed by atoms with Gasteiger partial charge in [0.1, 0.15) is 5.82 Å². The molecule has 1 N–H and O–H groups in total. The summed E-state index contributed by atoms with van der Waals surface area (Å²) in [6.07, 6.45) is 3.11. The lowest BCUT2D eigenvalue weighted by atomic mass is 10.0. The van der Waals surface area contributed by atoms with Crippen LogP contribution in [0.3, 0.4) is 0 Å². The summed E-state index contributed by atoms with van der Waals surface area (Å²) in [5, 5.41) is 0.632. The summed E-state index contributed by atoms with van der Waals surface area (Å²) >= 11 is 0.